The van der Waals surface area contributed by atoms with E-state index in [1.807, 2.05) is 49.2 Å². The number of hydrogen-bond acceptors (Lipinski definition) is 3. The molecule has 5 nitrogen and oxygen atoms in total. The molecule has 3 rings (SSSR count). The summed E-state index contributed by atoms with van der Waals surface area (Å²) in [6, 6.07) is 9.81. The highest BCUT2D eigenvalue weighted by molar-refractivity contribution is 5.95. The van der Waals surface area contributed by atoms with Gasteiger partial charge >= 0.3 is 0 Å². The van der Waals surface area contributed by atoms with Gasteiger partial charge in [-0.1, -0.05) is 30.3 Å². The van der Waals surface area contributed by atoms with E-state index in [1.165, 1.54) is 0 Å². The molecule has 122 valence electrons. The molecule has 0 bridgehead atoms. The molecule has 1 aliphatic carbocycles. The average molecular weight is 313 g/mol. The Hall–Kier alpha value is -2.14. The molecule has 1 saturated carbocycles. The Bertz CT molecular complexity index is 677. The second-order valence-corrected chi connectivity index (χ2v) is 6.31. The average Bonchev–Trinajstić information content (AvgIpc) is 3.32. The third-order valence-corrected chi connectivity index (χ3v) is 4.45. The van der Waals surface area contributed by atoms with Gasteiger partial charge in [0, 0.05) is 19.8 Å². The van der Waals surface area contributed by atoms with Crippen LogP contribution in [0.3, 0.4) is 0 Å². The second-order valence-electron chi connectivity index (χ2n) is 6.31. The van der Waals surface area contributed by atoms with Gasteiger partial charge in [0.05, 0.1) is 23.9 Å². The first-order chi connectivity index (χ1) is 11.1. The Balaban J connectivity index is 1.90. The zero-order valence-electron chi connectivity index (χ0n) is 13.6. The fourth-order valence-electron chi connectivity index (χ4n) is 3.07. The number of carbonyl (C=O) groups excluding carboxylic acids is 1. The quantitative estimate of drug-likeness (QED) is 0.889. The standard InChI is InChI=1S/C18H23N3O2/c1-13-16(11-20(2)19-13)18(23)21(17(12-22)15-8-9-15)10-14-6-4-3-5-7-14/h3-7,11,15,17,22H,8-10,12H2,1-2H3. The van der Waals surface area contributed by atoms with Gasteiger partial charge < -0.3 is 10.0 Å². The predicted molar refractivity (Wildman–Crippen MR) is 87.9 cm³/mol. The minimum atomic E-state index is -0.123. The molecular formula is C18H23N3O2. The van der Waals surface area contributed by atoms with Crippen molar-refractivity contribution < 1.29 is 9.90 Å². The Kier molecular flexibility index (Phi) is 4.48. The topological polar surface area (TPSA) is 58.4 Å². The van der Waals surface area contributed by atoms with Crippen LogP contribution in [0.1, 0.15) is 34.5 Å². The zero-order valence-corrected chi connectivity index (χ0v) is 13.6. The van der Waals surface area contributed by atoms with Crippen molar-refractivity contribution >= 4 is 5.91 Å². The highest BCUT2D eigenvalue weighted by Crippen LogP contribution is 2.36. The molecule has 0 spiro atoms. The number of carbonyl (C=O) groups is 1. The highest BCUT2D eigenvalue weighted by atomic mass is 16.3. The van der Waals surface area contributed by atoms with Gasteiger partial charge in [-0.2, -0.15) is 5.10 Å². The Morgan fingerprint density at radius 3 is 2.61 bits per heavy atom. The van der Waals surface area contributed by atoms with Crippen molar-refractivity contribution in [3.05, 3.63) is 53.3 Å². The van der Waals surface area contributed by atoms with Crippen LogP contribution in [0.2, 0.25) is 0 Å². The van der Waals surface area contributed by atoms with Gasteiger partial charge in [0.25, 0.3) is 5.91 Å². The van der Waals surface area contributed by atoms with Crippen molar-refractivity contribution in [2.45, 2.75) is 32.4 Å². The molecule has 1 fully saturated rings. The number of aliphatic hydroxyl groups is 1. The second kappa shape index (κ2) is 6.54. The third kappa shape index (κ3) is 3.45. The summed E-state index contributed by atoms with van der Waals surface area (Å²) in [5.74, 6) is 0.357. The van der Waals surface area contributed by atoms with Crippen LogP contribution >= 0.6 is 0 Å². The van der Waals surface area contributed by atoms with Gasteiger partial charge in [-0.05, 0) is 31.2 Å². The fourth-order valence-corrected chi connectivity index (χ4v) is 3.07. The SMILES string of the molecule is Cc1nn(C)cc1C(=O)N(Cc1ccccc1)C(CO)C1CC1. The summed E-state index contributed by atoms with van der Waals surface area (Å²) < 4.78 is 1.66. The Morgan fingerprint density at radius 2 is 2.09 bits per heavy atom. The van der Waals surface area contributed by atoms with Crippen LogP contribution in [0.5, 0.6) is 0 Å². The number of hydrogen-bond donors (Lipinski definition) is 1. The van der Waals surface area contributed by atoms with Crippen molar-refractivity contribution in [2.24, 2.45) is 13.0 Å². The molecule has 1 amide bonds. The summed E-state index contributed by atoms with van der Waals surface area (Å²) in [6.45, 7) is 2.36. The molecule has 0 saturated heterocycles. The van der Waals surface area contributed by atoms with Gasteiger partial charge in [0.1, 0.15) is 0 Å². The molecule has 5 heteroatoms. The number of amides is 1. The van der Waals surface area contributed by atoms with E-state index in [-0.39, 0.29) is 18.6 Å². The van der Waals surface area contributed by atoms with Crippen LogP contribution in [-0.4, -0.2) is 38.3 Å². The maximum atomic E-state index is 13.1. The third-order valence-electron chi connectivity index (χ3n) is 4.45. The van der Waals surface area contributed by atoms with Crippen molar-refractivity contribution in [1.82, 2.24) is 14.7 Å². The monoisotopic (exact) mass is 313 g/mol. The lowest BCUT2D eigenvalue weighted by molar-refractivity contribution is 0.0530. The number of nitrogens with zero attached hydrogens (tertiary/aromatic N) is 3. The van der Waals surface area contributed by atoms with Crippen LogP contribution < -0.4 is 0 Å². The van der Waals surface area contributed by atoms with Crippen molar-refractivity contribution in [3.8, 4) is 0 Å². The molecule has 1 N–H and O–H groups in total. The number of aliphatic hydroxyl groups excluding tert-OH is 1. The number of aryl methyl sites for hydroxylation is 2. The Labute approximate surface area is 136 Å². The van der Waals surface area contributed by atoms with Crippen LogP contribution in [0.25, 0.3) is 0 Å². The maximum absolute atomic E-state index is 13.1. The molecule has 0 radical (unpaired) electrons. The van der Waals surface area contributed by atoms with E-state index < -0.39 is 0 Å². The van der Waals surface area contributed by atoms with E-state index in [9.17, 15) is 9.90 Å². The Morgan fingerprint density at radius 1 is 1.39 bits per heavy atom. The molecule has 1 aliphatic rings. The van der Waals surface area contributed by atoms with Crippen LogP contribution in [0.15, 0.2) is 36.5 Å². The largest absolute Gasteiger partial charge is 0.394 e. The van der Waals surface area contributed by atoms with Crippen molar-refractivity contribution in [1.29, 1.82) is 0 Å². The van der Waals surface area contributed by atoms with E-state index in [1.54, 1.807) is 10.9 Å². The van der Waals surface area contributed by atoms with Crippen molar-refractivity contribution in [2.75, 3.05) is 6.61 Å². The van der Waals surface area contributed by atoms with E-state index in [0.717, 1.165) is 24.1 Å². The summed E-state index contributed by atoms with van der Waals surface area (Å²) in [5.41, 5.74) is 2.41. The van der Waals surface area contributed by atoms with E-state index in [2.05, 4.69) is 5.10 Å². The first-order valence-electron chi connectivity index (χ1n) is 8.06. The first kappa shape index (κ1) is 15.7. The molecule has 23 heavy (non-hydrogen) atoms. The summed E-state index contributed by atoms with van der Waals surface area (Å²) in [6.07, 6.45) is 3.92. The minimum absolute atomic E-state index is 0.00253. The molecule has 0 aliphatic heterocycles. The van der Waals surface area contributed by atoms with E-state index >= 15 is 0 Å². The van der Waals surface area contributed by atoms with Gasteiger partial charge in [-0.15, -0.1) is 0 Å². The fraction of sp³-hybridized carbons (Fsp3) is 0.444. The van der Waals surface area contributed by atoms with E-state index in [4.69, 9.17) is 0 Å². The smallest absolute Gasteiger partial charge is 0.257 e. The van der Waals surface area contributed by atoms with Crippen LogP contribution in [0, 0.1) is 12.8 Å². The molecule has 2 aromatic rings. The summed E-state index contributed by atoms with van der Waals surface area (Å²) >= 11 is 0. The number of aromatic nitrogens is 2. The van der Waals surface area contributed by atoms with Gasteiger partial charge in [-0.25, -0.2) is 0 Å². The molecule has 1 atom stereocenters. The normalized spacial score (nSPS) is 15.4. The molecule has 1 unspecified atom stereocenters. The van der Waals surface area contributed by atoms with E-state index in [0.29, 0.717) is 18.0 Å². The highest BCUT2D eigenvalue weighted by Gasteiger charge is 2.37. The molecule has 1 aromatic carbocycles. The van der Waals surface area contributed by atoms with Gasteiger partial charge in [0.15, 0.2) is 0 Å². The summed E-state index contributed by atoms with van der Waals surface area (Å²) in [5, 5.41) is 14.1. The molecular weight excluding hydrogens is 290 g/mol. The van der Waals surface area contributed by atoms with Crippen LogP contribution in [0.4, 0.5) is 0 Å². The molecule has 1 heterocycles. The lowest BCUT2D eigenvalue weighted by Crippen LogP contribution is -2.43. The summed E-state index contributed by atoms with van der Waals surface area (Å²) in [4.78, 5) is 14.9. The minimum Gasteiger partial charge on any atom is -0.394 e. The van der Waals surface area contributed by atoms with Crippen molar-refractivity contribution in [3.63, 3.8) is 0 Å². The summed E-state index contributed by atoms with van der Waals surface area (Å²) in [7, 11) is 1.82. The lowest BCUT2D eigenvalue weighted by Gasteiger charge is -2.31. The van der Waals surface area contributed by atoms with Gasteiger partial charge in [-0.3, -0.25) is 9.48 Å². The van der Waals surface area contributed by atoms with Gasteiger partial charge in [0.2, 0.25) is 0 Å². The van der Waals surface area contributed by atoms with Crippen LogP contribution in [-0.2, 0) is 13.6 Å². The first-order valence-corrected chi connectivity index (χ1v) is 8.06. The molecule has 1 aromatic heterocycles. The predicted octanol–water partition coefficient (Wildman–Crippen LogP) is 2.14. The maximum Gasteiger partial charge on any atom is 0.257 e. The zero-order chi connectivity index (χ0) is 16.4. The number of benzene rings is 1. The number of rotatable bonds is 6. The lowest BCUT2D eigenvalue weighted by atomic mass is 10.1.